The molecule has 1 saturated heterocycles. The first-order valence-corrected chi connectivity index (χ1v) is 11.5. The molecule has 6 nitrogen and oxygen atoms in total. The number of ether oxygens (including phenoxy) is 1. The first-order valence-electron chi connectivity index (χ1n) is 11.5. The normalized spacial score (nSPS) is 18.7. The van der Waals surface area contributed by atoms with Crippen molar-refractivity contribution in [2.45, 2.75) is 39.7 Å². The Labute approximate surface area is 191 Å². The number of aryl methyl sites for hydroxylation is 1. The van der Waals surface area contributed by atoms with E-state index in [1.165, 1.54) is 0 Å². The van der Waals surface area contributed by atoms with Crippen LogP contribution in [0.1, 0.15) is 43.9 Å². The van der Waals surface area contributed by atoms with Gasteiger partial charge in [-0.15, -0.1) is 0 Å². The Balaban J connectivity index is 1.90. The largest absolute Gasteiger partial charge is 0.497 e. The molecule has 6 heteroatoms. The van der Waals surface area contributed by atoms with Crippen LogP contribution < -0.4 is 15.0 Å². The fraction of sp³-hybridized carbons (Fsp3) is 0.462. The Kier molecular flexibility index (Phi) is 8.28. The highest BCUT2D eigenvalue weighted by molar-refractivity contribution is 5.97. The number of methoxy groups -OCH3 is 1. The molecule has 1 fully saturated rings. The highest BCUT2D eigenvalue weighted by Gasteiger charge is 2.41. The Morgan fingerprint density at radius 3 is 2.34 bits per heavy atom. The van der Waals surface area contributed by atoms with Gasteiger partial charge in [-0.25, -0.2) is 0 Å². The summed E-state index contributed by atoms with van der Waals surface area (Å²) in [4.78, 5) is 30.5. The number of carbonyl (C=O) groups is 2. The van der Waals surface area contributed by atoms with Crippen molar-refractivity contribution >= 4 is 17.5 Å². The molecule has 0 aromatic heterocycles. The average Bonchev–Trinajstić information content (AvgIpc) is 2.82. The van der Waals surface area contributed by atoms with E-state index in [1.807, 2.05) is 55.5 Å². The maximum absolute atomic E-state index is 13.3. The first-order chi connectivity index (χ1) is 15.5. The molecule has 1 heterocycles. The number of amides is 2. The van der Waals surface area contributed by atoms with E-state index in [2.05, 4.69) is 24.1 Å². The second-order valence-electron chi connectivity index (χ2n) is 8.28. The molecular weight excluding hydrogens is 402 g/mol. The van der Waals surface area contributed by atoms with Crippen molar-refractivity contribution in [2.24, 2.45) is 5.92 Å². The standard InChI is InChI=1S/C26H35N3O3/c1-5-28(6-2)18-17-27-26(31)23-15-16-24(30)29(21-11-7-19(3)8-12-21)25(23)20-9-13-22(32-4)14-10-20/h7-14,23,25H,5-6,15-18H2,1-4H3,(H,27,31). The van der Waals surface area contributed by atoms with Gasteiger partial charge < -0.3 is 19.9 Å². The molecule has 2 amide bonds. The summed E-state index contributed by atoms with van der Waals surface area (Å²) < 4.78 is 5.31. The van der Waals surface area contributed by atoms with Crippen molar-refractivity contribution in [1.29, 1.82) is 0 Å². The highest BCUT2D eigenvalue weighted by Crippen LogP contribution is 2.40. The lowest BCUT2D eigenvalue weighted by molar-refractivity contribution is -0.129. The van der Waals surface area contributed by atoms with Crippen LogP contribution in [0.15, 0.2) is 48.5 Å². The summed E-state index contributed by atoms with van der Waals surface area (Å²) in [6.45, 7) is 9.60. The van der Waals surface area contributed by atoms with E-state index >= 15 is 0 Å². The van der Waals surface area contributed by atoms with Gasteiger partial charge in [0.15, 0.2) is 0 Å². The predicted octanol–water partition coefficient (Wildman–Crippen LogP) is 3.95. The third-order valence-electron chi connectivity index (χ3n) is 6.33. The summed E-state index contributed by atoms with van der Waals surface area (Å²) in [6, 6.07) is 15.3. The molecule has 2 unspecified atom stereocenters. The summed E-state index contributed by atoms with van der Waals surface area (Å²) in [7, 11) is 1.63. The lowest BCUT2D eigenvalue weighted by Crippen LogP contribution is -2.49. The van der Waals surface area contributed by atoms with Crippen molar-refractivity contribution in [3.63, 3.8) is 0 Å². The number of nitrogens with one attached hydrogen (secondary N) is 1. The SMILES string of the molecule is CCN(CC)CCNC(=O)C1CCC(=O)N(c2ccc(C)cc2)C1c1ccc(OC)cc1. The molecular formula is C26H35N3O3. The van der Waals surface area contributed by atoms with Crippen LogP contribution in [0.2, 0.25) is 0 Å². The summed E-state index contributed by atoms with van der Waals surface area (Å²) in [5, 5.41) is 3.13. The number of hydrogen-bond acceptors (Lipinski definition) is 4. The molecule has 1 N–H and O–H groups in total. The Hall–Kier alpha value is -2.86. The fourth-order valence-corrected chi connectivity index (χ4v) is 4.37. The van der Waals surface area contributed by atoms with Crippen LogP contribution in [0.4, 0.5) is 5.69 Å². The number of piperidine rings is 1. The Morgan fingerprint density at radius 1 is 1.09 bits per heavy atom. The summed E-state index contributed by atoms with van der Waals surface area (Å²) in [5.41, 5.74) is 2.88. The lowest BCUT2D eigenvalue weighted by Gasteiger charge is -2.41. The van der Waals surface area contributed by atoms with Gasteiger partial charge in [-0.1, -0.05) is 43.7 Å². The monoisotopic (exact) mass is 437 g/mol. The van der Waals surface area contributed by atoms with Crippen LogP contribution >= 0.6 is 0 Å². The first kappa shape index (κ1) is 23.8. The lowest BCUT2D eigenvalue weighted by atomic mass is 9.83. The van der Waals surface area contributed by atoms with Crippen molar-refractivity contribution in [1.82, 2.24) is 10.2 Å². The summed E-state index contributed by atoms with van der Waals surface area (Å²) >= 11 is 0. The Bertz CT molecular complexity index is 892. The molecule has 0 saturated carbocycles. The van der Waals surface area contributed by atoms with Gasteiger partial charge in [0.05, 0.1) is 19.1 Å². The fourth-order valence-electron chi connectivity index (χ4n) is 4.37. The minimum absolute atomic E-state index is 0.00239. The topological polar surface area (TPSA) is 61.9 Å². The molecule has 0 spiro atoms. The quantitative estimate of drug-likeness (QED) is 0.645. The second kappa shape index (κ2) is 11.1. The van der Waals surface area contributed by atoms with E-state index < -0.39 is 0 Å². The number of nitrogens with zero attached hydrogens (tertiary/aromatic N) is 2. The maximum atomic E-state index is 13.3. The molecule has 2 atom stereocenters. The van der Waals surface area contributed by atoms with Crippen LogP contribution in [0, 0.1) is 12.8 Å². The molecule has 0 aliphatic carbocycles. The van der Waals surface area contributed by atoms with Crippen LogP contribution in [0.3, 0.4) is 0 Å². The zero-order valence-electron chi connectivity index (χ0n) is 19.6. The van der Waals surface area contributed by atoms with E-state index in [4.69, 9.17) is 4.74 Å². The van der Waals surface area contributed by atoms with Crippen molar-refractivity contribution in [2.75, 3.05) is 38.2 Å². The average molecular weight is 438 g/mol. The van der Waals surface area contributed by atoms with Crippen LogP contribution in [-0.2, 0) is 9.59 Å². The van der Waals surface area contributed by atoms with Crippen LogP contribution in [-0.4, -0.2) is 50.0 Å². The molecule has 32 heavy (non-hydrogen) atoms. The summed E-state index contributed by atoms with van der Waals surface area (Å²) in [6.07, 6.45) is 0.893. The molecule has 1 aliphatic rings. The third kappa shape index (κ3) is 5.49. The highest BCUT2D eigenvalue weighted by atomic mass is 16.5. The molecule has 2 aromatic rings. The van der Waals surface area contributed by atoms with Crippen LogP contribution in [0.5, 0.6) is 5.75 Å². The molecule has 3 rings (SSSR count). The second-order valence-corrected chi connectivity index (χ2v) is 8.28. The third-order valence-corrected chi connectivity index (χ3v) is 6.33. The number of benzene rings is 2. The Morgan fingerprint density at radius 2 is 1.75 bits per heavy atom. The predicted molar refractivity (Wildman–Crippen MR) is 128 cm³/mol. The molecule has 0 radical (unpaired) electrons. The zero-order chi connectivity index (χ0) is 23.1. The molecule has 1 aliphatic heterocycles. The minimum atomic E-state index is -0.363. The van der Waals surface area contributed by atoms with E-state index in [0.717, 1.165) is 42.2 Å². The van der Waals surface area contributed by atoms with E-state index in [0.29, 0.717) is 19.4 Å². The zero-order valence-corrected chi connectivity index (χ0v) is 19.6. The van der Waals surface area contributed by atoms with Gasteiger partial charge in [0.2, 0.25) is 11.8 Å². The number of anilines is 1. The summed E-state index contributed by atoms with van der Waals surface area (Å²) in [5.74, 6) is 0.474. The number of hydrogen-bond donors (Lipinski definition) is 1. The van der Waals surface area contributed by atoms with Gasteiger partial charge in [-0.2, -0.15) is 0 Å². The molecule has 172 valence electrons. The minimum Gasteiger partial charge on any atom is -0.497 e. The number of likely N-dealkylation sites (N-methyl/N-ethyl adjacent to an activating group) is 1. The van der Waals surface area contributed by atoms with Gasteiger partial charge in [-0.05, 0) is 56.3 Å². The maximum Gasteiger partial charge on any atom is 0.227 e. The van der Waals surface area contributed by atoms with Gasteiger partial charge in [0, 0.05) is 25.2 Å². The van der Waals surface area contributed by atoms with E-state index in [9.17, 15) is 9.59 Å². The van der Waals surface area contributed by atoms with Crippen molar-refractivity contribution in [3.8, 4) is 5.75 Å². The van der Waals surface area contributed by atoms with Crippen molar-refractivity contribution < 1.29 is 14.3 Å². The number of rotatable bonds is 9. The number of carbonyl (C=O) groups excluding carboxylic acids is 2. The molecule has 0 bridgehead atoms. The van der Waals surface area contributed by atoms with E-state index in [1.54, 1.807) is 12.0 Å². The van der Waals surface area contributed by atoms with Crippen molar-refractivity contribution in [3.05, 3.63) is 59.7 Å². The van der Waals surface area contributed by atoms with Gasteiger partial charge in [-0.3, -0.25) is 9.59 Å². The van der Waals surface area contributed by atoms with Crippen LogP contribution in [0.25, 0.3) is 0 Å². The van der Waals surface area contributed by atoms with Gasteiger partial charge in [0.1, 0.15) is 5.75 Å². The van der Waals surface area contributed by atoms with Gasteiger partial charge in [0.25, 0.3) is 0 Å². The van der Waals surface area contributed by atoms with Gasteiger partial charge >= 0.3 is 0 Å². The van der Waals surface area contributed by atoms with E-state index in [-0.39, 0.29) is 23.8 Å². The molecule has 2 aromatic carbocycles. The smallest absolute Gasteiger partial charge is 0.227 e.